The fraction of sp³-hybridized carbons (Fsp3) is 0.400. The highest BCUT2D eigenvalue weighted by molar-refractivity contribution is 6.32. The number of ether oxygens (including phenoxy) is 1. The first-order valence-corrected chi connectivity index (χ1v) is 4.81. The molecule has 0 amide bonds. The van der Waals surface area contributed by atoms with E-state index in [4.69, 9.17) is 22.1 Å². The first-order valence-electron chi connectivity index (χ1n) is 4.44. The highest BCUT2D eigenvalue weighted by atomic mass is 35.5. The molecule has 0 saturated heterocycles. The summed E-state index contributed by atoms with van der Waals surface area (Å²) in [6.45, 7) is 1.59. The zero-order chi connectivity index (χ0) is 11.6. The Balaban J connectivity index is 3.15. The van der Waals surface area contributed by atoms with Gasteiger partial charge in [-0.25, -0.2) is 4.39 Å². The summed E-state index contributed by atoms with van der Waals surface area (Å²) in [4.78, 5) is 0. The maximum Gasteiger partial charge on any atom is 0.140 e. The molecule has 0 aliphatic carbocycles. The van der Waals surface area contributed by atoms with Crippen LogP contribution in [-0.4, -0.2) is 18.3 Å². The summed E-state index contributed by atoms with van der Waals surface area (Å²) in [6.07, 6.45) is -1.08. The molecule has 3 nitrogen and oxygen atoms in total. The molecule has 0 aliphatic rings. The van der Waals surface area contributed by atoms with Gasteiger partial charge in [0, 0.05) is 17.7 Å². The van der Waals surface area contributed by atoms with Crippen molar-refractivity contribution in [2.45, 2.75) is 19.1 Å². The van der Waals surface area contributed by atoms with Gasteiger partial charge in [-0.15, -0.1) is 0 Å². The Morgan fingerprint density at radius 1 is 1.53 bits per heavy atom. The predicted molar refractivity (Wildman–Crippen MR) is 56.6 cm³/mol. The molecule has 2 unspecified atom stereocenters. The summed E-state index contributed by atoms with van der Waals surface area (Å²) in [5, 5.41) is 9.85. The van der Waals surface area contributed by atoms with Gasteiger partial charge < -0.3 is 15.6 Å². The average molecular weight is 234 g/mol. The summed E-state index contributed by atoms with van der Waals surface area (Å²) in [5.41, 5.74) is 5.55. The Morgan fingerprint density at radius 2 is 2.13 bits per heavy atom. The van der Waals surface area contributed by atoms with Crippen LogP contribution in [-0.2, 0) is 0 Å². The van der Waals surface area contributed by atoms with Gasteiger partial charge in [-0.1, -0.05) is 11.6 Å². The molecule has 0 heterocycles. The van der Waals surface area contributed by atoms with E-state index >= 15 is 0 Å². The molecule has 0 spiro atoms. The number of methoxy groups -OCH3 is 1. The van der Waals surface area contributed by atoms with Gasteiger partial charge in [0.25, 0.3) is 0 Å². The second-order valence-electron chi connectivity index (χ2n) is 3.31. The van der Waals surface area contributed by atoms with E-state index in [0.717, 1.165) is 6.07 Å². The number of aliphatic hydroxyl groups excluding tert-OH is 1. The van der Waals surface area contributed by atoms with Gasteiger partial charge in [0.1, 0.15) is 11.6 Å². The van der Waals surface area contributed by atoms with Gasteiger partial charge in [0.05, 0.1) is 18.2 Å². The van der Waals surface area contributed by atoms with Crippen molar-refractivity contribution in [2.24, 2.45) is 5.73 Å². The average Bonchev–Trinajstić information content (AvgIpc) is 2.19. The number of benzene rings is 1. The SMILES string of the molecule is COc1cc(F)c(C(O)C(C)N)cc1Cl. The number of hydrogen-bond acceptors (Lipinski definition) is 3. The fourth-order valence-corrected chi connectivity index (χ4v) is 1.46. The normalized spacial score (nSPS) is 14.8. The van der Waals surface area contributed by atoms with E-state index in [9.17, 15) is 9.50 Å². The van der Waals surface area contributed by atoms with Crippen molar-refractivity contribution in [3.05, 3.63) is 28.5 Å². The van der Waals surface area contributed by atoms with Gasteiger partial charge >= 0.3 is 0 Å². The molecule has 84 valence electrons. The molecule has 0 bridgehead atoms. The number of halogens is 2. The van der Waals surface area contributed by atoms with Crippen LogP contribution < -0.4 is 10.5 Å². The minimum Gasteiger partial charge on any atom is -0.495 e. The van der Waals surface area contributed by atoms with Crippen LogP contribution in [0.3, 0.4) is 0 Å². The molecule has 1 rings (SSSR count). The summed E-state index contributed by atoms with van der Waals surface area (Å²) >= 11 is 5.81. The Morgan fingerprint density at radius 3 is 2.60 bits per heavy atom. The van der Waals surface area contributed by atoms with Gasteiger partial charge in [-0.2, -0.15) is 0 Å². The maximum atomic E-state index is 13.5. The van der Waals surface area contributed by atoms with Crippen LogP contribution in [0.1, 0.15) is 18.6 Å². The monoisotopic (exact) mass is 233 g/mol. The van der Waals surface area contributed by atoms with Crippen LogP contribution in [0.4, 0.5) is 4.39 Å². The fourth-order valence-electron chi connectivity index (χ4n) is 1.21. The summed E-state index contributed by atoms with van der Waals surface area (Å²) < 4.78 is 18.3. The minimum atomic E-state index is -1.08. The lowest BCUT2D eigenvalue weighted by atomic mass is 10.0. The van der Waals surface area contributed by atoms with Crippen LogP contribution in [0, 0.1) is 5.82 Å². The van der Waals surface area contributed by atoms with Crippen LogP contribution >= 0.6 is 11.6 Å². The molecule has 0 radical (unpaired) electrons. The van der Waals surface area contributed by atoms with Crippen molar-refractivity contribution in [1.82, 2.24) is 0 Å². The molecule has 3 N–H and O–H groups in total. The lowest BCUT2D eigenvalue weighted by Gasteiger charge is -2.16. The van der Waals surface area contributed by atoms with Gasteiger partial charge in [-0.3, -0.25) is 0 Å². The van der Waals surface area contributed by atoms with E-state index in [-0.39, 0.29) is 16.3 Å². The van der Waals surface area contributed by atoms with Crippen LogP contribution in [0.5, 0.6) is 5.75 Å². The van der Waals surface area contributed by atoms with E-state index in [1.807, 2.05) is 0 Å². The van der Waals surface area contributed by atoms with Crippen molar-refractivity contribution < 1.29 is 14.2 Å². The Labute approximate surface area is 92.6 Å². The Bertz CT molecular complexity index is 358. The quantitative estimate of drug-likeness (QED) is 0.838. The van der Waals surface area contributed by atoms with Gasteiger partial charge in [0.15, 0.2) is 0 Å². The van der Waals surface area contributed by atoms with Crippen molar-refractivity contribution >= 4 is 11.6 Å². The molecular formula is C10H13ClFNO2. The Hall–Kier alpha value is -0.840. The van der Waals surface area contributed by atoms with Crippen molar-refractivity contribution in [1.29, 1.82) is 0 Å². The molecule has 5 heteroatoms. The third kappa shape index (κ3) is 2.59. The van der Waals surface area contributed by atoms with Gasteiger partial charge in [0.2, 0.25) is 0 Å². The van der Waals surface area contributed by atoms with Crippen molar-refractivity contribution in [3.63, 3.8) is 0 Å². The molecule has 15 heavy (non-hydrogen) atoms. The predicted octanol–water partition coefficient (Wildman–Crippen LogP) is 1.87. The molecule has 0 aromatic heterocycles. The zero-order valence-electron chi connectivity index (χ0n) is 8.50. The van der Waals surface area contributed by atoms with Crippen LogP contribution in [0.2, 0.25) is 5.02 Å². The first-order chi connectivity index (χ1) is 6.97. The van der Waals surface area contributed by atoms with Crippen LogP contribution in [0.15, 0.2) is 12.1 Å². The summed E-state index contributed by atoms with van der Waals surface area (Å²) in [6, 6.07) is 1.89. The molecule has 1 aromatic carbocycles. The molecule has 0 aliphatic heterocycles. The van der Waals surface area contributed by atoms with E-state index in [1.165, 1.54) is 13.2 Å². The second-order valence-corrected chi connectivity index (χ2v) is 3.72. The van der Waals surface area contributed by atoms with E-state index in [0.29, 0.717) is 0 Å². The molecule has 1 aromatic rings. The number of nitrogens with two attached hydrogens (primary N) is 1. The third-order valence-corrected chi connectivity index (χ3v) is 2.38. The van der Waals surface area contributed by atoms with Gasteiger partial charge in [-0.05, 0) is 13.0 Å². The lowest BCUT2D eigenvalue weighted by Crippen LogP contribution is -2.25. The van der Waals surface area contributed by atoms with Crippen molar-refractivity contribution in [3.8, 4) is 5.75 Å². The highest BCUT2D eigenvalue weighted by Crippen LogP contribution is 2.30. The standard InChI is InChI=1S/C10H13ClFNO2/c1-5(13)10(14)6-3-7(11)9(15-2)4-8(6)12/h3-5,10,14H,13H2,1-2H3. The lowest BCUT2D eigenvalue weighted by molar-refractivity contribution is 0.149. The van der Waals surface area contributed by atoms with E-state index in [2.05, 4.69) is 0 Å². The van der Waals surface area contributed by atoms with Crippen molar-refractivity contribution in [2.75, 3.05) is 7.11 Å². The second kappa shape index (κ2) is 4.79. The van der Waals surface area contributed by atoms with E-state index < -0.39 is 18.0 Å². The third-order valence-electron chi connectivity index (χ3n) is 2.09. The number of rotatable bonds is 3. The zero-order valence-corrected chi connectivity index (χ0v) is 9.25. The molecular weight excluding hydrogens is 221 g/mol. The Kier molecular flexibility index (Phi) is 3.90. The number of hydrogen-bond donors (Lipinski definition) is 2. The summed E-state index contributed by atoms with van der Waals surface area (Å²) in [7, 11) is 1.39. The summed E-state index contributed by atoms with van der Waals surface area (Å²) in [5.74, 6) is -0.351. The first kappa shape index (κ1) is 12.2. The largest absolute Gasteiger partial charge is 0.495 e. The molecule has 0 fully saturated rings. The minimum absolute atomic E-state index is 0.0794. The van der Waals surface area contributed by atoms with E-state index in [1.54, 1.807) is 6.92 Å². The highest BCUT2D eigenvalue weighted by Gasteiger charge is 2.19. The topological polar surface area (TPSA) is 55.5 Å². The number of aliphatic hydroxyl groups is 1. The maximum absolute atomic E-state index is 13.5. The molecule has 2 atom stereocenters. The van der Waals surface area contributed by atoms with Crippen LogP contribution in [0.25, 0.3) is 0 Å². The smallest absolute Gasteiger partial charge is 0.140 e. The molecule has 0 saturated carbocycles.